The van der Waals surface area contributed by atoms with Gasteiger partial charge in [-0.25, -0.2) is 4.99 Å². The Bertz CT molecular complexity index is 827. The Kier molecular flexibility index (Phi) is 4.34. The number of halogens is 1. The molecule has 2 N–H and O–H groups in total. The van der Waals surface area contributed by atoms with Gasteiger partial charge in [-0.2, -0.15) is 0 Å². The summed E-state index contributed by atoms with van der Waals surface area (Å²) in [6.45, 7) is 0. The zero-order chi connectivity index (χ0) is 16.2. The number of carbonyl (C=O) groups excluding carboxylic acids is 1. The van der Waals surface area contributed by atoms with Crippen molar-refractivity contribution in [3.8, 4) is 0 Å². The lowest BCUT2D eigenvalue weighted by Crippen LogP contribution is -2.24. The van der Waals surface area contributed by atoms with E-state index in [-0.39, 0.29) is 17.2 Å². The van der Waals surface area contributed by atoms with Crippen molar-refractivity contribution in [2.75, 3.05) is 5.32 Å². The van der Waals surface area contributed by atoms with Crippen molar-refractivity contribution in [1.82, 2.24) is 0 Å². The third kappa shape index (κ3) is 3.07. The number of Topliss-reactive ketones (excluding diaryl/α,β-unsaturated/α-hetero) is 1. The molecule has 1 aliphatic heterocycles. The summed E-state index contributed by atoms with van der Waals surface area (Å²) in [5, 5.41) is 15.2. The van der Waals surface area contributed by atoms with Crippen LogP contribution in [0.25, 0.3) is 4.48 Å². The van der Waals surface area contributed by atoms with Crippen LogP contribution >= 0.6 is 15.9 Å². The number of para-hydroxylation sites is 1. The van der Waals surface area contributed by atoms with E-state index < -0.39 is 5.78 Å². The second-order valence-corrected chi connectivity index (χ2v) is 5.55. The Morgan fingerprint density at radius 1 is 1.04 bits per heavy atom. The molecule has 23 heavy (non-hydrogen) atoms. The van der Waals surface area contributed by atoms with Crippen LogP contribution in [-0.4, -0.2) is 22.5 Å². The van der Waals surface area contributed by atoms with Gasteiger partial charge in [0, 0.05) is 5.69 Å². The molecule has 5 nitrogen and oxygen atoms in total. The van der Waals surface area contributed by atoms with Crippen LogP contribution in [0.1, 0.15) is 5.56 Å². The Morgan fingerprint density at radius 2 is 1.65 bits per heavy atom. The number of hydrogen-bond donors (Lipinski definition) is 2. The molecule has 0 spiro atoms. The molecule has 0 amide bonds. The average Bonchev–Trinajstić information content (AvgIpc) is 2.91. The van der Waals surface area contributed by atoms with E-state index in [1.807, 2.05) is 60.7 Å². The van der Waals surface area contributed by atoms with Crippen LogP contribution in [0.4, 0.5) is 5.69 Å². The minimum absolute atomic E-state index is 0.114. The fourth-order valence-corrected chi connectivity index (χ4v) is 2.68. The van der Waals surface area contributed by atoms with Crippen LogP contribution in [0.15, 0.2) is 76.5 Å². The first-order chi connectivity index (χ1) is 11.2. The highest BCUT2D eigenvalue weighted by atomic mass is 79.9. The summed E-state index contributed by atoms with van der Waals surface area (Å²) in [4.78, 5) is 16.7. The van der Waals surface area contributed by atoms with Crippen molar-refractivity contribution in [1.29, 1.82) is 0 Å². The molecule has 0 unspecified atom stereocenters. The summed E-state index contributed by atoms with van der Waals surface area (Å²) in [5.74, 6) is -0.228. The lowest BCUT2D eigenvalue weighted by Gasteiger charge is -2.03. The number of ketones is 1. The normalized spacial score (nSPS) is 18.0. The number of oxime groups is 1. The molecule has 0 atom stereocenters. The first kappa shape index (κ1) is 15.2. The van der Waals surface area contributed by atoms with Gasteiger partial charge in [-0.05, 0) is 33.6 Å². The topological polar surface area (TPSA) is 74.0 Å². The predicted molar refractivity (Wildman–Crippen MR) is 94.0 cm³/mol. The molecule has 0 saturated carbocycles. The summed E-state index contributed by atoms with van der Waals surface area (Å²) in [6.07, 6.45) is 0. The van der Waals surface area contributed by atoms with E-state index in [0.29, 0.717) is 4.48 Å². The molecule has 1 aliphatic rings. The third-order valence-corrected chi connectivity index (χ3v) is 4.08. The molecule has 0 aliphatic carbocycles. The van der Waals surface area contributed by atoms with Crippen molar-refractivity contribution in [3.63, 3.8) is 0 Å². The Morgan fingerprint density at radius 3 is 2.26 bits per heavy atom. The fraction of sp³-hybridized carbons (Fsp3) is 0. The Balaban J connectivity index is 2.01. The summed E-state index contributed by atoms with van der Waals surface area (Å²) >= 11 is 3.41. The van der Waals surface area contributed by atoms with Crippen LogP contribution < -0.4 is 5.32 Å². The predicted octanol–water partition coefficient (Wildman–Crippen LogP) is 3.67. The summed E-state index contributed by atoms with van der Waals surface area (Å²) in [5.41, 5.74) is 1.65. The Labute approximate surface area is 141 Å². The number of rotatable bonds is 2. The summed E-state index contributed by atoms with van der Waals surface area (Å²) in [7, 11) is 0. The van der Waals surface area contributed by atoms with E-state index in [4.69, 9.17) is 5.21 Å². The van der Waals surface area contributed by atoms with E-state index in [1.54, 1.807) is 0 Å². The molecule has 6 heteroatoms. The molecule has 0 fully saturated rings. The van der Waals surface area contributed by atoms with Gasteiger partial charge in [-0.1, -0.05) is 53.7 Å². The van der Waals surface area contributed by atoms with E-state index in [1.165, 1.54) is 0 Å². The first-order valence-electron chi connectivity index (χ1n) is 6.84. The minimum atomic E-state index is -0.443. The number of carbonyl (C=O) groups is 1. The molecule has 0 aromatic heterocycles. The first-order valence-corrected chi connectivity index (χ1v) is 7.63. The summed E-state index contributed by atoms with van der Waals surface area (Å²) in [6, 6.07) is 18.6. The lowest BCUT2D eigenvalue weighted by atomic mass is 10.1. The highest BCUT2D eigenvalue weighted by Crippen LogP contribution is 2.29. The maximum atomic E-state index is 12.4. The lowest BCUT2D eigenvalue weighted by molar-refractivity contribution is -0.109. The second-order valence-electron chi connectivity index (χ2n) is 4.76. The van der Waals surface area contributed by atoms with Crippen LogP contribution in [-0.2, 0) is 4.79 Å². The molecule has 0 bridgehead atoms. The number of allylic oxidation sites excluding steroid dienone is 1. The highest BCUT2D eigenvalue weighted by molar-refractivity contribution is 9.15. The zero-order valence-corrected chi connectivity index (χ0v) is 13.5. The molecule has 0 saturated heterocycles. The molecule has 3 rings (SSSR count). The van der Waals surface area contributed by atoms with Gasteiger partial charge in [0.2, 0.25) is 5.78 Å². The van der Waals surface area contributed by atoms with Crippen molar-refractivity contribution in [3.05, 3.63) is 71.9 Å². The average molecular weight is 370 g/mol. The molecule has 2 aromatic carbocycles. The van der Waals surface area contributed by atoms with Crippen molar-refractivity contribution < 1.29 is 10.0 Å². The number of hydrogen-bond acceptors (Lipinski definition) is 5. The van der Waals surface area contributed by atoms with Gasteiger partial charge >= 0.3 is 0 Å². The van der Waals surface area contributed by atoms with Crippen LogP contribution in [0.2, 0.25) is 0 Å². The van der Waals surface area contributed by atoms with E-state index in [2.05, 4.69) is 31.4 Å². The van der Waals surface area contributed by atoms with Crippen molar-refractivity contribution in [2.45, 2.75) is 0 Å². The second kappa shape index (κ2) is 6.58. The van der Waals surface area contributed by atoms with Crippen LogP contribution in [0, 0.1) is 0 Å². The number of benzene rings is 2. The van der Waals surface area contributed by atoms with Crippen molar-refractivity contribution >= 4 is 43.4 Å². The quantitative estimate of drug-likeness (QED) is 0.481. The van der Waals surface area contributed by atoms with Crippen molar-refractivity contribution in [2.24, 2.45) is 10.1 Å². The molecular formula is C17H12BrN3O2. The number of nitrogens with zero attached hydrogens (tertiary/aromatic N) is 2. The van der Waals surface area contributed by atoms with Gasteiger partial charge in [0.25, 0.3) is 0 Å². The maximum Gasteiger partial charge on any atom is 0.238 e. The highest BCUT2D eigenvalue weighted by Gasteiger charge is 2.32. The van der Waals surface area contributed by atoms with Gasteiger partial charge in [0.05, 0.1) is 4.48 Å². The third-order valence-electron chi connectivity index (χ3n) is 3.25. The SMILES string of the molecule is O=C1/C(=N\O)C(Nc2ccccc2)=N/C1=C(\Br)c1ccccc1. The summed E-state index contributed by atoms with van der Waals surface area (Å²) < 4.78 is 0.550. The standard InChI is InChI=1S/C17H12BrN3O2/c18-13(11-7-3-1-4-8-11)14-16(22)15(21-23)17(20-14)19-12-9-5-2-6-10-12/h1-10,23H,(H,19,20)/b14-13-,21-15+. The molecule has 114 valence electrons. The molecule has 1 heterocycles. The number of aliphatic imine (C=N–C) groups is 1. The van der Waals surface area contributed by atoms with Gasteiger partial charge < -0.3 is 10.5 Å². The van der Waals surface area contributed by atoms with Crippen LogP contribution in [0.5, 0.6) is 0 Å². The number of nitrogens with one attached hydrogen (secondary N) is 1. The van der Waals surface area contributed by atoms with E-state index in [9.17, 15) is 4.79 Å². The molecule has 0 radical (unpaired) electrons. The van der Waals surface area contributed by atoms with E-state index in [0.717, 1.165) is 11.3 Å². The minimum Gasteiger partial charge on any atom is -0.410 e. The molecular weight excluding hydrogens is 358 g/mol. The smallest absolute Gasteiger partial charge is 0.238 e. The molecule has 2 aromatic rings. The number of anilines is 1. The van der Waals surface area contributed by atoms with E-state index >= 15 is 0 Å². The largest absolute Gasteiger partial charge is 0.410 e. The fourth-order valence-electron chi connectivity index (χ4n) is 2.14. The van der Waals surface area contributed by atoms with Gasteiger partial charge in [-0.3, -0.25) is 4.79 Å². The van der Waals surface area contributed by atoms with Crippen LogP contribution in [0.3, 0.4) is 0 Å². The maximum absolute atomic E-state index is 12.4. The number of amidine groups is 1. The monoisotopic (exact) mass is 369 g/mol. The van der Waals surface area contributed by atoms with Gasteiger partial charge in [0.1, 0.15) is 5.70 Å². The van der Waals surface area contributed by atoms with Gasteiger partial charge in [-0.15, -0.1) is 0 Å². The zero-order valence-electron chi connectivity index (χ0n) is 11.9. The van der Waals surface area contributed by atoms with Gasteiger partial charge in [0.15, 0.2) is 11.5 Å². The Hall–Kier alpha value is -2.73.